The predicted octanol–water partition coefficient (Wildman–Crippen LogP) is 4.57. The molecule has 2 aromatic rings. The average Bonchev–Trinajstić information content (AvgIpc) is 3.44. The summed E-state index contributed by atoms with van der Waals surface area (Å²) >= 11 is 12.3. The molecule has 1 N–H and O–H groups in total. The minimum absolute atomic E-state index is 0.199. The SMILES string of the molecule is O=C(Nc1cc(Cl)ccc1Cl)C(Cc1ccccc1)N1C(=O)C2C3CCC(C3)C2C1=O. The van der Waals surface area contributed by atoms with Gasteiger partial charge in [-0.25, -0.2) is 0 Å². The lowest BCUT2D eigenvalue weighted by molar-refractivity contribution is -0.147. The van der Waals surface area contributed by atoms with Crippen LogP contribution in [0.3, 0.4) is 0 Å². The fraction of sp³-hybridized carbons (Fsp3) is 0.375. The summed E-state index contributed by atoms with van der Waals surface area (Å²) in [6, 6.07) is 13.3. The summed E-state index contributed by atoms with van der Waals surface area (Å²) in [5, 5.41) is 3.56. The fourth-order valence-corrected chi connectivity index (χ4v) is 6.02. The molecule has 1 aliphatic heterocycles. The van der Waals surface area contributed by atoms with E-state index in [2.05, 4.69) is 5.32 Å². The Kier molecular flexibility index (Phi) is 5.27. The van der Waals surface area contributed by atoms with Gasteiger partial charge in [-0.15, -0.1) is 0 Å². The second kappa shape index (κ2) is 7.95. The summed E-state index contributed by atoms with van der Waals surface area (Å²) < 4.78 is 0. The Balaban J connectivity index is 1.47. The highest BCUT2D eigenvalue weighted by Gasteiger charge is 2.62. The third-order valence-corrected chi connectivity index (χ3v) is 7.60. The minimum Gasteiger partial charge on any atom is -0.323 e. The van der Waals surface area contributed by atoms with E-state index in [9.17, 15) is 14.4 Å². The minimum atomic E-state index is -0.942. The summed E-state index contributed by atoms with van der Waals surface area (Å²) in [7, 11) is 0. The number of nitrogens with zero attached hydrogens (tertiary/aromatic N) is 1. The van der Waals surface area contributed by atoms with Crippen LogP contribution >= 0.6 is 23.2 Å². The second-order valence-electron chi connectivity index (χ2n) is 8.75. The van der Waals surface area contributed by atoms with Crippen LogP contribution in [0.1, 0.15) is 24.8 Å². The standard InChI is InChI=1S/C24H22Cl2N2O3/c25-16-8-9-17(26)18(12-16)27-22(29)19(10-13-4-2-1-3-5-13)28-23(30)20-14-6-7-15(11-14)21(20)24(28)31/h1-5,8-9,12,14-15,19-21H,6-7,10-11H2,(H,27,29). The molecule has 5 rings (SSSR count). The zero-order chi connectivity index (χ0) is 21.7. The fourth-order valence-electron chi connectivity index (χ4n) is 5.69. The Hall–Kier alpha value is -2.37. The van der Waals surface area contributed by atoms with Crippen LogP contribution in [0.5, 0.6) is 0 Å². The van der Waals surface area contributed by atoms with Crippen LogP contribution in [-0.2, 0) is 20.8 Å². The van der Waals surface area contributed by atoms with Crippen LogP contribution in [0.4, 0.5) is 5.69 Å². The van der Waals surface area contributed by atoms with Crippen molar-refractivity contribution in [3.05, 3.63) is 64.1 Å². The molecule has 7 heteroatoms. The number of hydrogen-bond donors (Lipinski definition) is 1. The second-order valence-corrected chi connectivity index (χ2v) is 9.59. The van der Waals surface area contributed by atoms with Crippen molar-refractivity contribution >= 4 is 46.6 Å². The zero-order valence-electron chi connectivity index (χ0n) is 16.8. The average molecular weight is 457 g/mol. The van der Waals surface area contributed by atoms with E-state index >= 15 is 0 Å². The maximum atomic E-state index is 13.4. The summed E-state index contributed by atoms with van der Waals surface area (Å²) in [6.07, 6.45) is 3.18. The van der Waals surface area contributed by atoms with Crippen molar-refractivity contribution in [1.29, 1.82) is 0 Å². The Bertz CT molecular complexity index is 1030. The largest absolute Gasteiger partial charge is 0.323 e. The molecule has 5 nitrogen and oxygen atoms in total. The number of carbonyl (C=O) groups is 3. The molecule has 3 amide bonds. The molecule has 2 saturated carbocycles. The van der Waals surface area contributed by atoms with Crippen molar-refractivity contribution in [3.63, 3.8) is 0 Å². The van der Waals surface area contributed by atoms with E-state index in [1.807, 2.05) is 30.3 Å². The number of nitrogens with one attached hydrogen (secondary N) is 1. The Morgan fingerprint density at radius 2 is 1.65 bits per heavy atom. The van der Waals surface area contributed by atoms with E-state index in [-0.39, 0.29) is 41.9 Å². The van der Waals surface area contributed by atoms with E-state index in [1.54, 1.807) is 18.2 Å². The summed E-state index contributed by atoms with van der Waals surface area (Å²) in [5.74, 6) is -0.856. The highest BCUT2D eigenvalue weighted by atomic mass is 35.5. The van der Waals surface area contributed by atoms with E-state index in [1.165, 1.54) is 4.90 Å². The predicted molar refractivity (Wildman–Crippen MR) is 119 cm³/mol. The smallest absolute Gasteiger partial charge is 0.248 e. The first-order valence-corrected chi connectivity index (χ1v) is 11.4. The Morgan fingerprint density at radius 1 is 1.00 bits per heavy atom. The monoisotopic (exact) mass is 456 g/mol. The van der Waals surface area contributed by atoms with Gasteiger partial charge in [-0.3, -0.25) is 19.3 Å². The molecule has 5 unspecified atom stereocenters. The maximum Gasteiger partial charge on any atom is 0.248 e. The number of carbonyl (C=O) groups excluding carboxylic acids is 3. The van der Waals surface area contributed by atoms with Crippen LogP contribution in [0.25, 0.3) is 0 Å². The molecule has 1 saturated heterocycles. The third kappa shape index (κ3) is 3.54. The number of halogens is 2. The van der Waals surface area contributed by atoms with Gasteiger partial charge < -0.3 is 5.32 Å². The normalized spacial score (nSPS) is 27.5. The van der Waals surface area contributed by atoms with E-state index in [0.717, 1.165) is 24.8 Å². The summed E-state index contributed by atoms with van der Waals surface area (Å²) in [5.41, 5.74) is 1.23. The molecule has 2 aromatic carbocycles. The van der Waals surface area contributed by atoms with Gasteiger partial charge in [0.2, 0.25) is 17.7 Å². The number of hydrogen-bond acceptors (Lipinski definition) is 3. The molecular weight excluding hydrogens is 435 g/mol. The molecule has 0 spiro atoms. The first-order chi connectivity index (χ1) is 14.9. The maximum absolute atomic E-state index is 13.4. The number of amides is 3. The summed E-state index contributed by atoms with van der Waals surface area (Å²) in [6.45, 7) is 0. The van der Waals surface area contributed by atoms with Crippen molar-refractivity contribution < 1.29 is 14.4 Å². The lowest BCUT2D eigenvalue weighted by Gasteiger charge is -2.27. The van der Waals surface area contributed by atoms with Crippen LogP contribution < -0.4 is 5.32 Å². The van der Waals surface area contributed by atoms with Crippen molar-refractivity contribution in [3.8, 4) is 0 Å². The molecule has 3 aliphatic rings. The van der Waals surface area contributed by atoms with Crippen molar-refractivity contribution in [2.75, 3.05) is 5.32 Å². The van der Waals surface area contributed by atoms with Crippen LogP contribution in [0.15, 0.2) is 48.5 Å². The first kappa shape index (κ1) is 20.5. The Labute approximate surface area is 190 Å². The number of likely N-dealkylation sites (tertiary alicyclic amines) is 1. The van der Waals surface area contributed by atoms with Crippen molar-refractivity contribution in [2.24, 2.45) is 23.7 Å². The van der Waals surface area contributed by atoms with Gasteiger partial charge in [0.15, 0.2) is 0 Å². The van der Waals surface area contributed by atoms with Crippen LogP contribution in [-0.4, -0.2) is 28.7 Å². The lowest BCUT2D eigenvalue weighted by atomic mass is 9.81. The molecule has 2 aliphatic carbocycles. The van der Waals surface area contributed by atoms with Gasteiger partial charge in [-0.1, -0.05) is 53.5 Å². The Morgan fingerprint density at radius 3 is 2.29 bits per heavy atom. The van der Waals surface area contributed by atoms with Gasteiger partial charge in [0, 0.05) is 11.4 Å². The number of benzene rings is 2. The number of rotatable bonds is 5. The van der Waals surface area contributed by atoms with E-state index in [0.29, 0.717) is 15.7 Å². The zero-order valence-corrected chi connectivity index (χ0v) is 18.3. The molecule has 31 heavy (non-hydrogen) atoms. The summed E-state index contributed by atoms with van der Waals surface area (Å²) in [4.78, 5) is 41.4. The number of fused-ring (bicyclic) bond motifs is 5. The third-order valence-electron chi connectivity index (χ3n) is 7.03. The number of anilines is 1. The molecule has 0 radical (unpaired) electrons. The van der Waals surface area contributed by atoms with Gasteiger partial charge in [0.25, 0.3) is 0 Å². The van der Waals surface area contributed by atoms with E-state index < -0.39 is 11.9 Å². The highest BCUT2D eigenvalue weighted by Crippen LogP contribution is 2.56. The van der Waals surface area contributed by atoms with Crippen LogP contribution in [0.2, 0.25) is 10.0 Å². The first-order valence-electron chi connectivity index (χ1n) is 10.6. The molecule has 0 aromatic heterocycles. The lowest BCUT2D eigenvalue weighted by Crippen LogP contribution is -2.49. The van der Waals surface area contributed by atoms with Gasteiger partial charge >= 0.3 is 0 Å². The molecule has 2 bridgehead atoms. The van der Waals surface area contributed by atoms with E-state index in [4.69, 9.17) is 23.2 Å². The molecule has 3 fully saturated rings. The van der Waals surface area contributed by atoms with Gasteiger partial charge in [-0.05, 0) is 54.9 Å². The molecule has 1 heterocycles. The highest BCUT2D eigenvalue weighted by molar-refractivity contribution is 6.35. The van der Waals surface area contributed by atoms with Gasteiger partial charge in [0.05, 0.1) is 22.5 Å². The van der Waals surface area contributed by atoms with Gasteiger partial charge in [-0.2, -0.15) is 0 Å². The van der Waals surface area contributed by atoms with Crippen molar-refractivity contribution in [2.45, 2.75) is 31.7 Å². The molecular formula is C24H22Cl2N2O3. The topological polar surface area (TPSA) is 66.5 Å². The van der Waals surface area contributed by atoms with Crippen LogP contribution in [0, 0.1) is 23.7 Å². The van der Waals surface area contributed by atoms with Gasteiger partial charge in [0.1, 0.15) is 6.04 Å². The molecule has 5 atom stereocenters. The molecule has 160 valence electrons. The van der Waals surface area contributed by atoms with Crippen molar-refractivity contribution in [1.82, 2.24) is 4.90 Å². The quantitative estimate of drug-likeness (QED) is 0.669. The number of imide groups is 1.